The van der Waals surface area contributed by atoms with Gasteiger partial charge in [0, 0.05) is 17.8 Å². The molecular weight excluding hydrogens is 406 g/mol. The maximum atomic E-state index is 13.3. The predicted octanol–water partition coefficient (Wildman–Crippen LogP) is 3.63. The lowest BCUT2D eigenvalue weighted by atomic mass is 9.96. The van der Waals surface area contributed by atoms with Crippen LogP contribution >= 0.6 is 0 Å². The van der Waals surface area contributed by atoms with Crippen molar-refractivity contribution in [3.05, 3.63) is 53.1 Å². The number of methoxy groups -OCH3 is 1. The van der Waals surface area contributed by atoms with Crippen molar-refractivity contribution in [2.45, 2.75) is 65.0 Å². The van der Waals surface area contributed by atoms with Crippen LogP contribution in [0.15, 0.2) is 41.5 Å². The topological polar surface area (TPSA) is 81.9 Å². The second-order valence-corrected chi connectivity index (χ2v) is 8.53. The van der Waals surface area contributed by atoms with E-state index in [0.717, 1.165) is 18.4 Å². The van der Waals surface area contributed by atoms with Crippen LogP contribution in [-0.4, -0.2) is 42.2 Å². The Morgan fingerprint density at radius 3 is 2.56 bits per heavy atom. The lowest BCUT2D eigenvalue weighted by Crippen LogP contribution is -2.34. The maximum absolute atomic E-state index is 13.3. The average Bonchev–Trinajstić information content (AvgIpc) is 2.77. The number of nitrogens with one attached hydrogen (secondary N) is 1. The molecule has 1 N–H and O–H groups in total. The van der Waals surface area contributed by atoms with Crippen LogP contribution in [0.25, 0.3) is 0 Å². The van der Waals surface area contributed by atoms with Crippen LogP contribution in [0, 0.1) is 6.92 Å². The van der Waals surface area contributed by atoms with E-state index >= 15 is 0 Å². The van der Waals surface area contributed by atoms with Crippen LogP contribution < -0.4 is 20.3 Å². The molecule has 0 unspecified atom stereocenters. The minimum atomic E-state index is -0.216. The first kappa shape index (κ1) is 23.6. The lowest BCUT2D eigenvalue weighted by molar-refractivity contribution is -0.123. The summed E-state index contributed by atoms with van der Waals surface area (Å²) in [5, 5.41) is 2.77. The molecule has 0 aliphatic heterocycles. The molecule has 1 saturated carbocycles. The molecule has 1 aromatic heterocycles. The normalized spacial score (nSPS) is 15.0. The highest BCUT2D eigenvalue weighted by Crippen LogP contribution is 2.28. The fraction of sp³-hybridized carbons (Fsp3) is 0.480. The van der Waals surface area contributed by atoms with E-state index in [9.17, 15) is 9.59 Å². The van der Waals surface area contributed by atoms with Crippen molar-refractivity contribution in [3.63, 3.8) is 0 Å². The number of aryl methyl sites for hydroxylation is 1. The average molecular weight is 440 g/mol. The second-order valence-electron chi connectivity index (χ2n) is 8.53. The maximum Gasteiger partial charge on any atom is 0.263 e. The number of carbonyl (C=O) groups is 2. The highest BCUT2D eigenvalue weighted by atomic mass is 16.5. The SMILES string of the molecule is COc1cc(C(=O)n2ccc(C)cc2=NC2CCCCC2)ccc1OCC(=O)NC(C)C. The van der Waals surface area contributed by atoms with E-state index in [1.54, 1.807) is 29.0 Å². The van der Waals surface area contributed by atoms with Gasteiger partial charge >= 0.3 is 0 Å². The molecule has 7 nitrogen and oxygen atoms in total. The number of aromatic nitrogens is 1. The number of ether oxygens (including phenoxy) is 2. The molecular formula is C25H33N3O4. The first-order valence-corrected chi connectivity index (χ1v) is 11.3. The van der Waals surface area contributed by atoms with Gasteiger partial charge in [-0.05, 0) is 69.5 Å². The van der Waals surface area contributed by atoms with Gasteiger partial charge in [0.1, 0.15) is 5.49 Å². The zero-order valence-electron chi connectivity index (χ0n) is 19.4. The summed E-state index contributed by atoms with van der Waals surface area (Å²) in [7, 11) is 1.51. The van der Waals surface area contributed by atoms with Crippen molar-refractivity contribution in [1.82, 2.24) is 9.88 Å². The minimum Gasteiger partial charge on any atom is -0.493 e. The third kappa shape index (κ3) is 6.22. The number of amides is 1. The monoisotopic (exact) mass is 439 g/mol. The Balaban J connectivity index is 1.85. The molecule has 7 heteroatoms. The first-order chi connectivity index (χ1) is 15.4. The number of benzene rings is 1. The molecule has 1 fully saturated rings. The Hall–Kier alpha value is -3.09. The first-order valence-electron chi connectivity index (χ1n) is 11.3. The van der Waals surface area contributed by atoms with Crippen molar-refractivity contribution in [2.75, 3.05) is 13.7 Å². The molecule has 1 heterocycles. The Labute approximate surface area is 189 Å². The molecule has 0 bridgehead atoms. The van der Waals surface area contributed by atoms with E-state index < -0.39 is 0 Å². The van der Waals surface area contributed by atoms with Crippen molar-refractivity contribution in [2.24, 2.45) is 4.99 Å². The third-order valence-electron chi connectivity index (χ3n) is 5.42. The zero-order valence-corrected chi connectivity index (χ0v) is 19.4. The van der Waals surface area contributed by atoms with Gasteiger partial charge in [-0.2, -0.15) is 0 Å². The highest BCUT2D eigenvalue weighted by Gasteiger charge is 2.16. The quantitative estimate of drug-likeness (QED) is 0.714. The largest absolute Gasteiger partial charge is 0.493 e. The van der Waals surface area contributed by atoms with Crippen molar-refractivity contribution >= 4 is 11.8 Å². The molecule has 32 heavy (non-hydrogen) atoms. The molecule has 0 radical (unpaired) electrons. The summed E-state index contributed by atoms with van der Waals surface area (Å²) < 4.78 is 12.6. The Bertz CT molecular complexity index is 1020. The summed E-state index contributed by atoms with van der Waals surface area (Å²) in [6.45, 7) is 5.64. The number of hydrogen-bond acceptors (Lipinski definition) is 5. The van der Waals surface area contributed by atoms with Crippen LogP contribution in [0.2, 0.25) is 0 Å². The highest BCUT2D eigenvalue weighted by molar-refractivity contribution is 5.96. The molecule has 2 aromatic rings. The van der Waals surface area contributed by atoms with Crippen molar-refractivity contribution < 1.29 is 19.1 Å². The summed E-state index contributed by atoms with van der Waals surface area (Å²) in [5.41, 5.74) is 2.19. The van der Waals surface area contributed by atoms with Gasteiger partial charge in [0.15, 0.2) is 18.1 Å². The smallest absolute Gasteiger partial charge is 0.263 e. The lowest BCUT2D eigenvalue weighted by Gasteiger charge is -2.18. The van der Waals surface area contributed by atoms with E-state index in [2.05, 4.69) is 5.32 Å². The molecule has 0 saturated heterocycles. The molecule has 1 aliphatic rings. The van der Waals surface area contributed by atoms with E-state index in [-0.39, 0.29) is 30.5 Å². The van der Waals surface area contributed by atoms with E-state index in [1.165, 1.54) is 26.4 Å². The van der Waals surface area contributed by atoms with E-state index in [0.29, 0.717) is 22.6 Å². The van der Waals surface area contributed by atoms with Crippen LogP contribution in [0.3, 0.4) is 0 Å². The number of carbonyl (C=O) groups excluding carboxylic acids is 2. The van der Waals surface area contributed by atoms with Gasteiger partial charge in [0.25, 0.3) is 11.8 Å². The van der Waals surface area contributed by atoms with Gasteiger partial charge in [0.05, 0.1) is 13.2 Å². The van der Waals surface area contributed by atoms with Gasteiger partial charge < -0.3 is 14.8 Å². The fourth-order valence-corrected chi connectivity index (χ4v) is 3.82. The molecule has 172 valence electrons. The van der Waals surface area contributed by atoms with Gasteiger partial charge in [-0.1, -0.05) is 19.3 Å². The van der Waals surface area contributed by atoms with Crippen molar-refractivity contribution in [3.8, 4) is 11.5 Å². The Kier molecular flexibility index (Phi) is 8.09. The summed E-state index contributed by atoms with van der Waals surface area (Å²) >= 11 is 0. The van der Waals surface area contributed by atoms with Gasteiger partial charge in [0.2, 0.25) is 0 Å². The van der Waals surface area contributed by atoms with Crippen LogP contribution in [-0.2, 0) is 4.79 Å². The third-order valence-corrected chi connectivity index (χ3v) is 5.42. The standard InChI is InChI=1S/C25H33N3O4/c1-17(2)26-24(29)16-32-21-11-10-19(15-22(21)31-4)25(30)28-13-12-18(3)14-23(28)27-20-8-6-5-7-9-20/h10-15,17,20H,5-9,16H2,1-4H3,(H,26,29). The van der Waals surface area contributed by atoms with Crippen LogP contribution in [0.5, 0.6) is 11.5 Å². The van der Waals surface area contributed by atoms with E-state index in [4.69, 9.17) is 14.5 Å². The van der Waals surface area contributed by atoms with Crippen LogP contribution in [0.1, 0.15) is 61.9 Å². The summed E-state index contributed by atoms with van der Waals surface area (Å²) in [4.78, 5) is 30.1. The van der Waals surface area contributed by atoms with Crippen LogP contribution in [0.4, 0.5) is 0 Å². The van der Waals surface area contributed by atoms with Gasteiger partial charge in [-0.15, -0.1) is 0 Å². The summed E-state index contributed by atoms with van der Waals surface area (Å²) in [6.07, 6.45) is 7.51. The van der Waals surface area contributed by atoms with Gasteiger partial charge in [-0.25, -0.2) is 0 Å². The minimum absolute atomic E-state index is 0.0350. The molecule has 1 amide bonds. The molecule has 1 aromatic carbocycles. The summed E-state index contributed by atoms with van der Waals surface area (Å²) in [5.74, 6) is 0.393. The van der Waals surface area contributed by atoms with Gasteiger partial charge in [-0.3, -0.25) is 19.1 Å². The number of rotatable bonds is 7. The van der Waals surface area contributed by atoms with Crippen molar-refractivity contribution in [1.29, 1.82) is 0 Å². The molecule has 1 aliphatic carbocycles. The Morgan fingerprint density at radius 2 is 1.88 bits per heavy atom. The number of pyridine rings is 1. The zero-order chi connectivity index (χ0) is 23.1. The number of nitrogens with zero attached hydrogens (tertiary/aromatic N) is 2. The molecule has 0 spiro atoms. The Morgan fingerprint density at radius 1 is 1.12 bits per heavy atom. The van der Waals surface area contributed by atoms with E-state index in [1.807, 2.05) is 32.9 Å². The number of hydrogen-bond donors (Lipinski definition) is 1. The molecule has 0 atom stereocenters. The molecule has 3 rings (SSSR count). The summed E-state index contributed by atoms with van der Waals surface area (Å²) in [6, 6.07) is 9.11. The predicted molar refractivity (Wildman–Crippen MR) is 123 cm³/mol. The second kappa shape index (κ2) is 11.0. The fourth-order valence-electron chi connectivity index (χ4n) is 3.82.